The largest absolute Gasteiger partial charge is 0.291 e. The minimum atomic E-state index is -1.39. The van der Waals surface area contributed by atoms with E-state index >= 15 is 0 Å². The number of hydrogen-bond donors (Lipinski definition) is 1. The number of rotatable bonds is 3. The molecule has 0 aliphatic carbocycles. The van der Waals surface area contributed by atoms with E-state index in [1.807, 2.05) is 98.1 Å². The first-order chi connectivity index (χ1) is 15.6. The number of hydrogen-bond acceptors (Lipinski definition) is 3. The van der Waals surface area contributed by atoms with E-state index < -0.39 is 23.4 Å². The fourth-order valence-electron chi connectivity index (χ4n) is 5.42. The van der Waals surface area contributed by atoms with Gasteiger partial charge in [-0.2, -0.15) is 10.5 Å². The van der Waals surface area contributed by atoms with E-state index in [9.17, 15) is 15.3 Å². The van der Waals surface area contributed by atoms with Crippen LogP contribution < -0.4 is 4.90 Å². The monoisotopic (exact) mass is 416 g/mol. The molecular weight excluding hydrogens is 394 g/mol. The van der Waals surface area contributed by atoms with Crippen molar-refractivity contribution in [2.24, 2.45) is 5.41 Å². The fraction of sp³-hybridized carbons (Fsp3) is 0.179. The molecule has 4 nitrogen and oxygen atoms in total. The molecule has 1 fully saturated rings. The molecule has 2 aliphatic rings. The molecule has 0 bridgehead atoms. The molecular formula is C28H22N3O+. The zero-order valence-electron chi connectivity index (χ0n) is 17.7. The molecule has 0 radical (unpaired) electrons. The van der Waals surface area contributed by atoms with Crippen molar-refractivity contribution >= 4 is 11.9 Å². The Bertz CT molecular complexity index is 1280. The third-order valence-corrected chi connectivity index (χ3v) is 6.88. The Hall–Kier alpha value is -3.99. The first-order valence-corrected chi connectivity index (χ1v) is 10.7. The molecule has 4 unspecified atom stereocenters. The highest BCUT2D eigenvalue weighted by Crippen LogP contribution is 2.51. The zero-order valence-corrected chi connectivity index (χ0v) is 17.7. The van der Waals surface area contributed by atoms with Gasteiger partial charge in [0.2, 0.25) is 11.2 Å². The highest BCUT2D eigenvalue weighted by Gasteiger charge is 2.67. The summed E-state index contributed by atoms with van der Waals surface area (Å²) in [6.45, 7) is 1.98. The van der Waals surface area contributed by atoms with E-state index in [-0.39, 0.29) is 5.78 Å². The minimum absolute atomic E-state index is 0.0461. The summed E-state index contributed by atoms with van der Waals surface area (Å²) in [5.41, 5.74) is 3.07. The summed E-state index contributed by atoms with van der Waals surface area (Å²) in [6.07, 6.45) is 3.97. The van der Waals surface area contributed by atoms with Gasteiger partial charge < -0.3 is 0 Å². The maximum atomic E-state index is 14.0. The molecule has 154 valence electrons. The molecule has 2 heterocycles. The van der Waals surface area contributed by atoms with Crippen LogP contribution in [0.4, 0.5) is 0 Å². The van der Waals surface area contributed by atoms with Gasteiger partial charge in [0.25, 0.3) is 0 Å². The van der Waals surface area contributed by atoms with Crippen molar-refractivity contribution < 1.29 is 9.69 Å². The van der Waals surface area contributed by atoms with Crippen LogP contribution in [0.15, 0.2) is 85.1 Å². The van der Waals surface area contributed by atoms with Gasteiger partial charge in [-0.25, -0.2) is 0 Å². The lowest BCUT2D eigenvalue weighted by atomic mass is 9.67. The van der Waals surface area contributed by atoms with Crippen LogP contribution in [0, 0.1) is 35.0 Å². The van der Waals surface area contributed by atoms with Crippen molar-refractivity contribution in [3.05, 3.63) is 113 Å². The van der Waals surface area contributed by atoms with Gasteiger partial charge in [-0.15, -0.1) is 0 Å². The maximum absolute atomic E-state index is 14.0. The standard InChI is InChI=1S/C28H21N3O/c1-19-11-13-22(14-12-19)26(32)25-24(21-8-3-2-4-9-21)28(17-29,18-30)27-23-10-6-5-7-20(23)15-16-31(25)27/h2-16,24-25,27H,1H3/p+1. The molecule has 0 amide bonds. The quantitative estimate of drug-likeness (QED) is 0.657. The third kappa shape index (κ3) is 2.82. The van der Waals surface area contributed by atoms with Gasteiger partial charge in [0, 0.05) is 11.1 Å². The SMILES string of the molecule is Cc1ccc(C(=O)C2C(c3ccccc3)C(C#N)(C#N)C3c4ccccc4C=C[NH+]23)cc1. The summed E-state index contributed by atoms with van der Waals surface area (Å²) < 4.78 is 0. The highest BCUT2D eigenvalue weighted by molar-refractivity contribution is 6.00. The van der Waals surface area contributed by atoms with E-state index in [0.717, 1.165) is 27.2 Å². The predicted octanol–water partition coefficient (Wildman–Crippen LogP) is 3.99. The predicted molar refractivity (Wildman–Crippen MR) is 121 cm³/mol. The van der Waals surface area contributed by atoms with Crippen molar-refractivity contribution in [3.8, 4) is 12.1 Å². The van der Waals surface area contributed by atoms with Crippen molar-refractivity contribution in [3.63, 3.8) is 0 Å². The van der Waals surface area contributed by atoms with Gasteiger partial charge in [0.15, 0.2) is 12.1 Å². The molecule has 0 aromatic heterocycles. The number of benzene rings is 3. The second-order valence-electron chi connectivity index (χ2n) is 8.58. The smallest absolute Gasteiger partial charge is 0.221 e. The van der Waals surface area contributed by atoms with Gasteiger partial charge >= 0.3 is 0 Å². The first kappa shape index (κ1) is 19.9. The number of carbonyl (C=O) groups excluding carboxylic acids is 1. The molecule has 0 spiro atoms. The van der Waals surface area contributed by atoms with Crippen LogP contribution >= 0.6 is 0 Å². The summed E-state index contributed by atoms with van der Waals surface area (Å²) in [5.74, 6) is -0.612. The minimum Gasteiger partial charge on any atom is -0.291 e. The lowest BCUT2D eigenvalue weighted by Crippen LogP contribution is -3.11. The Morgan fingerprint density at radius 3 is 2.25 bits per heavy atom. The van der Waals surface area contributed by atoms with Crippen molar-refractivity contribution in [1.82, 2.24) is 0 Å². The Labute approximate surface area is 187 Å². The molecule has 3 aromatic carbocycles. The lowest BCUT2D eigenvalue weighted by Gasteiger charge is -2.29. The maximum Gasteiger partial charge on any atom is 0.221 e. The van der Waals surface area contributed by atoms with E-state index in [1.54, 1.807) is 0 Å². The summed E-state index contributed by atoms with van der Waals surface area (Å²) in [6, 6.07) is 28.7. The highest BCUT2D eigenvalue weighted by atomic mass is 16.1. The molecule has 1 saturated heterocycles. The van der Waals surface area contributed by atoms with Crippen molar-refractivity contribution in [1.29, 1.82) is 10.5 Å². The van der Waals surface area contributed by atoms with Gasteiger partial charge in [0.1, 0.15) is 0 Å². The molecule has 2 aliphatic heterocycles. The van der Waals surface area contributed by atoms with Gasteiger partial charge in [-0.3, -0.25) is 9.69 Å². The van der Waals surface area contributed by atoms with Crippen molar-refractivity contribution in [2.75, 3.05) is 0 Å². The summed E-state index contributed by atoms with van der Waals surface area (Å²) in [4.78, 5) is 14.8. The molecule has 4 heteroatoms. The van der Waals surface area contributed by atoms with E-state index in [0.29, 0.717) is 5.56 Å². The summed E-state index contributed by atoms with van der Waals surface area (Å²) >= 11 is 0. The Kier molecular flexibility index (Phi) is 4.74. The third-order valence-electron chi connectivity index (χ3n) is 6.88. The van der Waals surface area contributed by atoms with Crippen LogP contribution in [0.3, 0.4) is 0 Å². The molecule has 1 N–H and O–H groups in total. The number of Topliss-reactive ketones (excluding diaryl/α,β-unsaturated/α-hetero) is 1. The average Bonchev–Trinajstić information content (AvgIpc) is 3.15. The van der Waals surface area contributed by atoms with Crippen LogP contribution in [0.5, 0.6) is 0 Å². The number of ketones is 1. The number of nitriles is 2. The first-order valence-electron chi connectivity index (χ1n) is 10.7. The van der Waals surface area contributed by atoms with E-state index in [4.69, 9.17) is 0 Å². The normalized spacial score (nSPS) is 24.6. The van der Waals surface area contributed by atoms with Gasteiger partial charge in [-0.1, -0.05) is 84.4 Å². The number of fused-ring (bicyclic) bond motifs is 3. The van der Waals surface area contributed by atoms with Crippen LogP contribution in [0.1, 0.15) is 44.6 Å². The Balaban J connectivity index is 1.76. The Morgan fingerprint density at radius 2 is 1.56 bits per heavy atom. The lowest BCUT2D eigenvalue weighted by molar-refractivity contribution is -0.885. The molecule has 32 heavy (non-hydrogen) atoms. The second-order valence-corrected chi connectivity index (χ2v) is 8.58. The summed E-state index contributed by atoms with van der Waals surface area (Å²) in [7, 11) is 0. The van der Waals surface area contributed by atoms with Crippen molar-refractivity contribution in [2.45, 2.75) is 24.9 Å². The number of carbonyl (C=O) groups is 1. The number of aryl methyl sites for hydroxylation is 1. The number of nitrogens with one attached hydrogen (secondary N) is 1. The van der Waals surface area contributed by atoms with E-state index in [1.165, 1.54) is 0 Å². The topological polar surface area (TPSA) is 69.1 Å². The molecule has 5 rings (SSSR count). The van der Waals surface area contributed by atoms with E-state index in [2.05, 4.69) is 12.1 Å². The number of nitrogens with zero attached hydrogens (tertiary/aromatic N) is 2. The van der Waals surface area contributed by atoms with Gasteiger partial charge in [0.05, 0.1) is 24.3 Å². The summed E-state index contributed by atoms with van der Waals surface area (Å²) in [5, 5.41) is 21.0. The van der Waals surface area contributed by atoms with Crippen LogP contribution in [0.2, 0.25) is 0 Å². The fourth-order valence-corrected chi connectivity index (χ4v) is 5.42. The Morgan fingerprint density at radius 1 is 0.906 bits per heavy atom. The van der Waals surface area contributed by atoms with Crippen LogP contribution in [0.25, 0.3) is 6.08 Å². The molecule has 3 aromatic rings. The number of quaternary nitrogens is 1. The molecule has 0 saturated carbocycles. The van der Waals surface area contributed by atoms with Crippen LogP contribution in [-0.4, -0.2) is 11.8 Å². The zero-order chi connectivity index (χ0) is 22.3. The second kappa shape index (κ2) is 7.61. The molecule has 4 atom stereocenters. The van der Waals surface area contributed by atoms with Gasteiger partial charge in [-0.05, 0) is 24.1 Å². The van der Waals surface area contributed by atoms with Crippen LogP contribution in [-0.2, 0) is 0 Å². The average molecular weight is 417 g/mol.